The van der Waals surface area contributed by atoms with Crippen LogP contribution in [0.4, 0.5) is 0 Å². The summed E-state index contributed by atoms with van der Waals surface area (Å²) in [6.45, 7) is 4.38. The smallest absolute Gasteiger partial charge is 0.175 e. The number of benzene rings is 1. The van der Waals surface area contributed by atoms with Crippen molar-refractivity contribution in [1.29, 1.82) is 0 Å². The lowest BCUT2D eigenvalue weighted by Crippen LogP contribution is -1.99. The van der Waals surface area contributed by atoms with Crippen LogP contribution in [0.5, 0.6) is 0 Å². The van der Waals surface area contributed by atoms with Crippen LogP contribution >= 0.6 is 11.6 Å². The van der Waals surface area contributed by atoms with Crippen LogP contribution in [0.1, 0.15) is 0 Å². The Morgan fingerprint density at radius 3 is 1.80 bits per heavy atom. The third-order valence-electron chi connectivity index (χ3n) is 1.44. The molecule has 15 heavy (non-hydrogen) atoms. The molecule has 0 aliphatic carbocycles. The minimum Gasteiger partial charge on any atom is -0.224 e. The van der Waals surface area contributed by atoms with E-state index in [4.69, 9.17) is 11.6 Å². The summed E-state index contributed by atoms with van der Waals surface area (Å²) >= 11 is 5.38. The zero-order valence-electron chi connectivity index (χ0n) is 9.20. The van der Waals surface area contributed by atoms with Crippen molar-refractivity contribution >= 4 is 30.2 Å². The first-order chi connectivity index (χ1) is 6.88. The minimum absolute atomic E-state index is 0.109. The van der Waals surface area contributed by atoms with Crippen molar-refractivity contribution < 1.29 is 8.42 Å². The van der Waals surface area contributed by atoms with Crippen LogP contribution in [0.25, 0.3) is 0 Å². The molecule has 0 heterocycles. The van der Waals surface area contributed by atoms with Crippen LogP contribution in [0, 0.1) is 0 Å². The molecular formula is C10H16ClO2SSi. The molecule has 0 saturated carbocycles. The molecule has 0 saturated heterocycles. The maximum Gasteiger partial charge on any atom is 0.175 e. The van der Waals surface area contributed by atoms with Crippen molar-refractivity contribution in [1.82, 2.24) is 0 Å². The van der Waals surface area contributed by atoms with Crippen molar-refractivity contribution in [2.75, 3.05) is 11.8 Å². The van der Waals surface area contributed by atoms with Gasteiger partial charge in [0, 0.05) is 11.8 Å². The van der Waals surface area contributed by atoms with Crippen molar-refractivity contribution in [3.05, 3.63) is 30.3 Å². The summed E-state index contributed by atoms with van der Waals surface area (Å²) < 4.78 is 21.7. The molecule has 1 radical (unpaired) electrons. The van der Waals surface area contributed by atoms with Gasteiger partial charge in [-0.15, -0.1) is 11.6 Å². The second-order valence-electron chi connectivity index (χ2n) is 3.43. The summed E-state index contributed by atoms with van der Waals surface area (Å²) in [5, 5.41) is 0. The lowest BCUT2D eigenvalue weighted by Gasteiger charge is -1.93. The minimum atomic E-state index is -3.00. The Hall–Kier alpha value is -0.323. The van der Waals surface area contributed by atoms with E-state index in [9.17, 15) is 8.42 Å². The number of rotatable bonds is 2. The Bertz CT molecular complexity index is 362. The van der Waals surface area contributed by atoms with Crippen LogP contribution in [0.3, 0.4) is 0 Å². The van der Waals surface area contributed by atoms with Gasteiger partial charge in [-0.25, -0.2) is 8.42 Å². The lowest BCUT2D eigenvalue weighted by atomic mass is 10.4. The van der Waals surface area contributed by atoms with Crippen LogP contribution < -0.4 is 0 Å². The molecule has 0 aromatic heterocycles. The first-order valence-corrected chi connectivity index (χ1v) is 9.61. The fourth-order valence-corrected chi connectivity index (χ4v) is 1.32. The Morgan fingerprint density at radius 2 is 1.60 bits per heavy atom. The summed E-state index contributed by atoms with van der Waals surface area (Å²) in [5.41, 5.74) is 0.880. The fourth-order valence-electron chi connectivity index (χ4n) is 0.668. The highest BCUT2D eigenvalue weighted by Gasteiger charge is 2.02. The fraction of sp³-hybridized carbons (Fsp3) is 0.400. The van der Waals surface area contributed by atoms with Gasteiger partial charge in [0.2, 0.25) is 0 Å². The van der Waals surface area contributed by atoms with E-state index in [0.717, 1.165) is 5.50 Å². The van der Waals surface area contributed by atoms with Gasteiger partial charge in [0.1, 0.15) is 0 Å². The second-order valence-corrected chi connectivity index (χ2v) is 8.92. The van der Waals surface area contributed by atoms with E-state index in [1.165, 1.54) is 6.26 Å². The third kappa shape index (κ3) is 7.59. The number of alkyl halides is 1. The van der Waals surface area contributed by atoms with Crippen LogP contribution in [0.2, 0.25) is 13.1 Å². The van der Waals surface area contributed by atoms with Crippen molar-refractivity contribution in [2.45, 2.75) is 18.0 Å². The van der Waals surface area contributed by atoms with E-state index in [2.05, 4.69) is 13.1 Å². The normalized spacial score (nSPS) is 10.7. The number of hydrogen-bond donors (Lipinski definition) is 0. The van der Waals surface area contributed by atoms with Crippen molar-refractivity contribution in [3.8, 4) is 0 Å². The average Bonchev–Trinajstić information content (AvgIpc) is 2.19. The van der Waals surface area contributed by atoms with Gasteiger partial charge in [-0.2, -0.15) is 0 Å². The molecule has 0 aliphatic heterocycles. The van der Waals surface area contributed by atoms with Gasteiger partial charge in [0.15, 0.2) is 9.84 Å². The molecule has 0 aliphatic rings. The van der Waals surface area contributed by atoms with E-state index >= 15 is 0 Å². The molecule has 0 N–H and O–H groups in total. The number of hydrogen-bond acceptors (Lipinski definition) is 2. The van der Waals surface area contributed by atoms with Gasteiger partial charge in [-0.05, 0) is 12.1 Å². The SMILES string of the molecule is CS(=O)(=O)c1ccccc1.C[Si](C)CCl. The Labute approximate surface area is 98.8 Å². The van der Waals surface area contributed by atoms with Crippen molar-refractivity contribution in [2.24, 2.45) is 0 Å². The average molecular weight is 264 g/mol. The number of halogens is 1. The highest BCUT2D eigenvalue weighted by atomic mass is 35.5. The Balaban J connectivity index is 0.000000336. The van der Waals surface area contributed by atoms with Crippen LogP contribution in [-0.2, 0) is 9.84 Å². The highest BCUT2D eigenvalue weighted by Crippen LogP contribution is 2.05. The monoisotopic (exact) mass is 263 g/mol. The number of sulfone groups is 1. The molecule has 0 bridgehead atoms. The molecule has 0 unspecified atom stereocenters. The van der Waals surface area contributed by atoms with E-state index in [-0.39, 0.29) is 8.80 Å². The maximum absolute atomic E-state index is 10.8. The summed E-state index contributed by atoms with van der Waals surface area (Å²) in [6, 6.07) is 8.35. The molecule has 5 heteroatoms. The highest BCUT2D eigenvalue weighted by molar-refractivity contribution is 7.90. The van der Waals surface area contributed by atoms with Gasteiger partial charge >= 0.3 is 0 Å². The molecule has 1 aromatic carbocycles. The van der Waals surface area contributed by atoms with E-state index in [0.29, 0.717) is 4.90 Å². The molecule has 2 nitrogen and oxygen atoms in total. The molecular weight excluding hydrogens is 248 g/mol. The topological polar surface area (TPSA) is 34.1 Å². The largest absolute Gasteiger partial charge is 0.224 e. The second kappa shape index (κ2) is 7.03. The van der Waals surface area contributed by atoms with Crippen LogP contribution in [-0.4, -0.2) is 29.0 Å². The van der Waals surface area contributed by atoms with Gasteiger partial charge < -0.3 is 0 Å². The molecule has 1 rings (SSSR count). The van der Waals surface area contributed by atoms with E-state index in [1.54, 1.807) is 30.3 Å². The third-order valence-corrected chi connectivity index (χ3v) is 4.71. The molecule has 85 valence electrons. The Kier molecular flexibility index (Phi) is 6.88. The first-order valence-electron chi connectivity index (χ1n) is 4.48. The van der Waals surface area contributed by atoms with Gasteiger partial charge in [0.05, 0.1) is 13.7 Å². The van der Waals surface area contributed by atoms with Gasteiger partial charge in [-0.1, -0.05) is 31.3 Å². The zero-order valence-corrected chi connectivity index (χ0v) is 11.8. The maximum atomic E-state index is 10.8. The van der Waals surface area contributed by atoms with E-state index < -0.39 is 9.84 Å². The molecule has 0 spiro atoms. The van der Waals surface area contributed by atoms with Gasteiger partial charge in [-0.3, -0.25) is 0 Å². The molecule has 0 amide bonds. The van der Waals surface area contributed by atoms with E-state index in [1.807, 2.05) is 0 Å². The zero-order chi connectivity index (χ0) is 11.9. The predicted octanol–water partition coefficient (Wildman–Crippen LogP) is 2.61. The summed E-state index contributed by atoms with van der Waals surface area (Å²) in [5.74, 6) is 0. The Morgan fingerprint density at radius 1 is 1.20 bits per heavy atom. The lowest BCUT2D eigenvalue weighted by molar-refractivity contribution is 0.602. The first kappa shape index (κ1) is 14.7. The van der Waals surface area contributed by atoms with Crippen molar-refractivity contribution in [3.63, 3.8) is 0 Å². The molecule has 1 aromatic rings. The predicted molar refractivity (Wildman–Crippen MR) is 67.8 cm³/mol. The summed E-state index contributed by atoms with van der Waals surface area (Å²) in [4.78, 5) is 0.370. The van der Waals surface area contributed by atoms with Crippen LogP contribution in [0.15, 0.2) is 35.2 Å². The summed E-state index contributed by atoms with van der Waals surface area (Å²) in [7, 11) is -3.11. The van der Waals surface area contributed by atoms with Gasteiger partial charge in [0.25, 0.3) is 0 Å². The standard InChI is InChI=1S/C7H8O2S.C3H8ClSi/c1-10(8,9)7-5-3-2-4-6-7;1-5(2)3-4/h2-6H,1H3;3H2,1-2H3. The summed E-state index contributed by atoms with van der Waals surface area (Å²) in [6.07, 6.45) is 1.20. The molecule has 0 atom stereocenters. The molecule has 0 fully saturated rings. The quantitative estimate of drug-likeness (QED) is 0.607.